The molecule has 82 valence electrons. The van der Waals surface area contributed by atoms with Crippen molar-refractivity contribution in [2.75, 3.05) is 0 Å². The van der Waals surface area contributed by atoms with Crippen molar-refractivity contribution in [1.82, 2.24) is 4.98 Å². The van der Waals surface area contributed by atoms with Gasteiger partial charge in [-0.1, -0.05) is 17.7 Å². The molecule has 0 aliphatic rings. The molecule has 1 N–H and O–H groups in total. The largest absolute Gasteiger partial charge is 0.358 e. The van der Waals surface area contributed by atoms with Crippen LogP contribution in [0.1, 0.15) is 23.2 Å². The van der Waals surface area contributed by atoms with Crippen LogP contribution in [0.15, 0.2) is 12.1 Å². The highest BCUT2D eigenvalue weighted by Gasteiger charge is 2.11. The fourth-order valence-corrected chi connectivity index (χ4v) is 2.22. The number of H-pyrrole nitrogens is 1. The first-order valence-corrected chi connectivity index (χ1v) is 5.66. The Kier molecular flexibility index (Phi) is 2.89. The van der Waals surface area contributed by atoms with Crippen LogP contribution in [0.4, 0.5) is 0 Å². The van der Waals surface area contributed by atoms with Gasteiger partial charge in [-0.3, -0.25) is 0 Å². The van der Waals surface area contributed by atoms with Crippen molar-refractivity contribution < 1.29 is 0 Å². The number of hydrogen-bond acceptors (Lipinski definition) is 1. The van der Waals surface area contributed by atoms with Gasteiger partial charge in [0.1, 0.15) is 0 Å². The average molecular weight is 233 g/mol. The van der Waals surface area contributed by atoms with Crippen molar-refractivity contribution in [2.45, 2.75) is 26.7 Å². The van der Waals surface area contributed by atoms with Crippen LogP contribution in [0.25, 0.3) is 10.9 Å². The average Bonchev–Trinajstić information content (AvgIpc) is 2.58. The molecule has 0 saturated heterocycles. The Morgan fingerprint density at radius 2 is 2.12 bits per heavy atom. The summed E-state index contributed by atoms with van der Waals surface area (Å²) >= 11 is 6.08. The summed E-state index contributed by atoms with van der Waals surface area (Å²) in [4.78, 5) is 3.35. The second-order valence-electron chi connectivity index (χ2n) is 3.98. The van der Waals surface area contributed by atoms with Gasteiger partial charge in [-0.05, 0) is 37.5 Å². The van der Waals surface area contributed by atoms with Gasteiger partial charge in [0.15, 0.2) is 0 Å². The van der Waals surface area contributed by atoms with Gasteiger partial charge in [-0.2, -0.15) is 5.26 Å². The predicted molar refractivity (Wildman–Crippen MR) is 66.7 cm³/mol. The highest BCUT2D eigenvalue weighted by atomic mass is 35.5. The number of nitriles is 1. The van der Waals surface area contributed by atoms with Gasteiger partial charge in [0.2, 0.25) is 0 Å². The third-order valence-electron chi connectivity index (χ3n) is 2.98. The molecule has 16 heavy (non-hydrogen) atoms. The molecular formula is C13H13ClN2. The van der Waals surface area contributed by atoms with Crippen molar-refractivity contribution in [3.05, 3.63) is 34.0 Å². The third-order valence-corrected chi connectivity index (χ3v) is 3.39. The Hall–Kier alpha value is -1.46. The van der Waals surface area contributed by atoms with E-state index in [1.54, 1.807) is 0 Å². The molecule has 1 aromatic carbocycles. The Balaban J connectivity index is 2.63. The third kappa shape index (κ3) is 1.68. The Labute approximate surface area is 99.8 Å². The minimum Gasteiger partial charge on any atom is -0.358 e. The Bertz CT molecular complexity index is 576. The second kappa shape index (κ2) is 4.19. The van der Waals surface area contributed by atoms with Crippen LogP contribution in [0, 0.1) is 25.2 Å². The number of fused-ring (bicyclic) bond motifs is 1. The lowest BCUT2D eigenvalue weighted by molar-refractivity contribution is 1.00. The zero-order chi connectivity index (χ0) is 11.7. The molecule has 2 nitrogen and oxygen atoms in total. The van der Waals surface area contributed by atoms with Crippen molar-refractivity contribution in [1.29, 1.82) is 5.26 Å². The summed E-state index contributed by atoms with van der Waals surface area (Å²) in [5.74, 6) is 0. The summed E-state index contributed by atoms with van der Waals surface area (Å²) in [6.07, 6.45) is 1.35. The smallest absolute Gasteiger partial charge is 0.0625 e. The van der Waals surface area contributed by atoms with Crippen LogP contribution < -0.4 is 0 Å². The number of aromatic nitrogens is 1. The maximum absolute atomic E-state index is 8.65. The number of rotatable bonds is 2. The zero-order valence-corrected chi connectivity index (χ0v) is 10.2. The van der Waals surface area contributed by atoms with Gasteiger partial charge < -0.3 is 4.98 Å². The first-order valence-electron chi connectivity index (χ1n) is 5.28. The van der Waals surface area contributed by atoms with Crippen LogP contribution in [-0.4, -0.2) is 4.98 Å². The normalized spacial score (nSPS) is 10.6. The van der Waals surface area contributed by atoms with E-state index in [0.29, 0.717) is 6.42 Å². The summed E-state index contributed by atoms with van der Waals surface area (Å²) < 4.78 is 0. The van der Waals surface area contributed by atoms with Gasteiger partial charge in [-0.15, -0.1) is 0 Å². The van der Waals surface area contributed by atoms with Crippen LogP contribution in [0.2, 0.25) is 5.02 Å². The van der Waals surface area contributed by atoms with Crippen LogP contribution in [-0.2, 0) is 6.42 Å². The van der Waals surface area contributed by atoms with Gasteiger partial charge in [0, 0.05) is 22.5 Å². The summed E-state index contributed by atoms with van der Waals surface area (Å²) in [7, 11) is 0. The molecule has 0 atom stereocenters. The number of nitrogens with one attached hydrogen (secondary N) is 1. The number of hydrogen-bond donors (Lipinski definition) is 1. The molecule has 0 spiro atoms. The van der Waals surface area contributed by atoms with Crippen LogP contribution >= 0.6 is 11.6 Å². The lowest BCUT2D eigenvalue weighted by Gasteiger charge is -2.00. The van der Waals surface area contributed by atoms with Gasteiger partial charge >= 0.3 is 0 Å². The SMILES string of the molecule is Cc1[nH]c2c(C)c(Cl)ccc2c1CCC#N. The zero-order valence-electron chi connectivity index (χ0n) is 9.39. The van der Waals surface area contributed by atoms with E-state index in [1.807, 2.05) is 26.0 Å². The molecule has 2 aromatic rings. The minimum absolute atomic E-state index is 0.551. The predicted octanol–water partition coefficient (Wildman–Crippen LogP) is 3.89. The molecule has 0 radical (unpaired) electrons. The molecule has 0 bridgehead atoms. The highest BCUT2D eigenvalue weighted by Crippen LogP contribution is 2.29. The van der Waals surface area contributed by atoms with E-state index in [9.17, 15) is 0 Å². The Morgan fingerprint density at radius 1 is 1.38 bits per heavy atom. The summed E-state index contributed by atoms with van der Waals surface area (Å²) in [6.45, 7) is 4.05. The lowest BCUT2D eigenvalue weighted by Crippen LogP contribution is -1.85. The molecule has 1 aromatic heterocycles. The molecule has 0 fully saturated rings. The monoisotopic (exact) mass is 232 g/mol. The fraction of sp³-hybridized carbons (Fsp3) is 0.308. The fourth-order valence-electron chi connectivity index (χ4n) is 2.07. The molecular weight excluding hydrogens is 220 g/mol. The minimum atomic E-state index is 0.551. The number of aromatic amines is 1. The first kappa shape index (κ1) is 11.0. The maximum Gasteiger partial charge on any atom is 0.0625 e. The molecule has 0 saturated carbocycles. The number of aryl methyl sites for hydroxylation is 3. The van der Waals surface area contributed by atoms with E-state index in [0.717, 1.165) is 28.2 Å². The number of nitrogens with zero attached hydrogens (tertiary/aromatic N) is 1. The highest BCUT2D eigenvalue weighted by molar-refractivity contribution is 6.32. The number of halogens is 1. The van der Waals surface area contributed by atoms with Crippen molar-refractivity contribution in [2.24, 2.45) is 0 Å². The van der Waals surface area contributed by atoms with E-state index in [1.165, 1.54) is 10.9 Å². The Morgan fingerprint density at radius 3 is 2.81 bits per heavy atom. The molecule has 0 aliphatic carbocycles. The van der Waals surface area contributed by atoms with Crippen molar-refractivity contribution in [3.63, 3.8) is 0 Å². The second-order valence-corrected chi connectivity index (χ2v) is 4.39. The quantitative estimate of drug-likeness (QED) is 0.838. The molecule has 3 heteroatoms. The molecule has 1 heterocycles. The lowest BCUT2D eigenvalue weighted by atomic mass is 10.0. The van der Waals surface area contributed by atoms with Gasteiger partial charge in [0.25, 0.3) is 0 Å². The van der Waals surface area contributed by atoms with Crippen molar-refractivity contribution >= 4 is 22.5 Å². The molecule has 0 unspecified atom stereocenters. The molecule has 0 aliphatic heterocycles. The molecule has 0 amide bonds. The number of benzene rings is 1. The summed E-state index contributed by atoms with van der Waals surface area (Å²) in [5.41, 5.74) is 4.54. The summed E-state index contributed by atoms with van der Waals surface area (Å²) in [5, 5.41) is 10.6. The van der Waals surface area contributed by atoms with E-state index in [2.05, 4.69) is 11.1 Å². The van der Waals surface area contributed by atoms with E-state index < -0.39 is 0 Å². The topological polar surface area (TPSA) is 39.6 Å². The van der Waals surface area contributed by atoms with Gasteiger partial charge in [-0.25, -0.2) is 0 Å². The van der Waals surface area contributed by atoms with Crippen LogP contribution in [0.5, 0.6) is 0 Å². The first-order chi connectivity index (χ1) is 7.65. The summed E-state index contributed by atoms with van der Waals surface area (Å²) in [6, 6.07) is 6.13. The van der Waals surface area contributed by atoms with E-state index >= 15 is 0 Å². The van der Waals surface area contributed by atoms with Crippen molar-refractivity contribution in [3.8, 4) is 6.07 Å². The van der Waals surface area contributed by atoms with E-state index in [-0.39, 0.29) is 0 Å². The van der Waals surface area contributed by atoms with Gasteiger partial charge in [0.05, 0.1) is 11.6 Å². The standard InChI is InChI=1S/C13H13ClN2/c1-8-12(14)6-5-11-10(4-3-7-15)9(2)16-13(8)11/h5-6,16H,3-4H2,1-2H3. The molecule has 2 rings (SSSR count). The maximum atomic E-state index is 8.65. The van der Waals surface area contributed by atoms with Crippen LogP contribution in [0.3, 0.4) is 0 Å². The van der Waals surface area contributed by atoms with E-state index in [4.69, 9.17) is 16.9 Å².